The number of hydrogen-bond donors (Lipinski definition) is 1. The fraction of sp³-hybridized carbons (Fsp3) is 0.636. The monoisotopic (exact) mass is 181 g/mol. The van der Waals surface area contributed by atoms with Crippen LogP contribution in [-0.2, 0) is 4.74 Å². The highest BCUT2D eigenvalue weighted by molar-refractivity contribution is 4.94. The third-order valence-corrected chi connectivity index (χ3v) is 2.05. The van der Waals surface area contributed by atoms with Gasteiger partial charge in [-0.2, -0.15) is 0 Å². The largest absolute Gasteiger partial charge is 0.497 e. The van der Waals surface area contributed by atoms with Gasteiger partial charge in [-0.05, 0) is 32.8 Å². The van der Waals surface area contributed by atoms with Crippen LogP contribution in [-0.4, -0.2) is 19.2 Å². The molecule has 1 aliphatic heterocycles. The van der Waals surface area contributed by atoms with E-state index in [0.29, 0.717) is 6.10 Å². The summed E-state index contributed by atoms with van der Waals surface area (Å²) in [4.78, 5) is 0. The van der Waals surface area contributed by atoms with E-state index < -0.39 is 0 Å². The minimum absolute atomic E-state index is 0.371. The zero-order valence-corrected chi connectivity index (χ0v) is 8.55. The molecule has 1 rings (SSSR count). The van der Waals surface area contributed by atoms with Gasteiger partial charge in [0.25, 0.3) is 0 Å². The van der Waals surface area contributed by atoms with Crippen LogP contribution in [0.15, 0.2) is 24.0 Å². The molecule has 0 saturated carbocycles. The zero-order valence-electron chi connectivity index (χ0n) is 8.55. The molecule has 0 radical (unpaired) electrons. The topological polar surface area (TPSA) is 21.3 Å². The van der Waals surface area contributed by atoms with Gasteiger partial charge in [0.2, 0.25) is 0 Å². The first-order chi connectivity index (χ1) is 6.29. The third-order valence-electron chi connectivity index (χ3n) is 2.05. The van der Waals surface area contributed by atoms with Gasteiger partial charge >= 0.3 is 0 Å². The van der Waals surface area contributed by atoms with Crippen molar-refractivity contribution in [2.75, 3.05) is 13.1 Å². The Morgan fingerprint density at radius 3 is 3.08 bits per heavy atom. The molecule has 2 heteroatoms. The molecular formula is C11H19NO. The molecular weight excluding hydrogens is 162 g/mol. The number of allylic oxidation sites excluding steroid dienone is 2. The van der Waals surface area contributed by atoms with Crippen molar-refractivity contribution < 1.29 is 4.74 Å². The first kappa shape index (κ1) is 10.3. The Kier molecular flexibility index (Phi) is 4.61. The lowest BCUT2D eigenvalue weighted by atomic mass is 10.1. The smallest absolute Gasteiger partial charge is 0.110 e. The van der Waals surface area contributed by atoms with Crippen LogP contribution in [0.25, 0.3) is 0 Å². The van der Waals surface area contributed by atoms with Crippen molar-refractivity contribution in [3.05, 3.63) is 24.0 Å². The Morgan fingerprint density at radius 2 is 2.46 bits per heavy atom. The summed E-state index contributed by atoms with van der Waals surface area (Å²) < 4.78 is 5.42. The normalized spacial score (nSPS) is 20.9. The fourth-order valence-corrected chi connectivity index (χ4v) is 1.26. The highest BCUT2D eigenvalue weighted by Gasteiger charge is 2.08. The lowest BCUT2D eigenvalue weighted by Crippen LogP contribution is -2.29. The highest BCUT2D eigenvalue weighted by Crippen LogP contribution is 2.08. The van der Waals surface area contributed by atoms with Crippen LogP contribution in [0.3, 0.4) is 0 Å². The minimum Gasteiger partial charge on any atom is -0.497 e. The molecule has 0 amide bonds. The number of nitrogens with one attached hydrogen (secondary N) is 1. The molecule has 0 aromatic heterocycles. The molecule has 0 spiro atoms. The van der Waals surface area contributed by atoms with Crippen LogP contribution in [0.4, 0.5) is 0 Å². The first-order valence-electron chi connectivity index (χ1n) is 4.93. The number of hydrogen-bond acceptors (Lipinski definition) is 2. The van der Waals surface area contributed by atoms with Crippen molar-refractivity contribution in [3.63, 3.8) is 0 Å². The molecule has 0 fully saturated rings. The maximum Gasteiger partial charge on any atom is 0.110 e. The first-order valence-corrected chi connectivity index (χ1v) is 4.93. The average Bonchev–Trinajstić information content (AvgIpc) is 2.14. The van der Waals surface area contributed by atoms with Gasteiger partial charge in [-0.3, -0.25) is 0 Å². The van der Waals surface area contributed by atoms with Crippen molar-refractivity contribution in [2.24, 2.45) is 0 Å². The predicted octanol–water partition coefficient (Wildman–Crippen LogP) is 2.23. The van der Waals surface area contributed by atoms with Crippen LogP contribution < -0.4 is 5.32 Å². The summed E-state index contributed by atoms with van der Waals surface area (Å²) in [6.45, 7) is 6.13. The highest BCUT2D eigenvalue weighted by atomic mass is 16.5. The van der Waals surface area contributed by atoms with Crippen molar-refractivity contribution >= 4 is 0 Å². The molecule has 0 aromatic rings. The van der Waals surface area contributed by atoms with Gasteiger partial charge in [0.05, 0.1) is 6.26 Å². The number of rotatable bonds is 4. The lowest BCUT2D eigenvalue weighted by Gasteiger charge is -2.19. The molecule has 0 aromatic carbocycles. The molecule has 1 aliphatic rings. The Labute approximate surface area is 80.7 Å². The minimum atomic E-state index is 0.371. The molecule has 0 aliphatic carbocycles. The lowest BCUT2D eigenvalue weighted by molar-refractivity contribution is 0.123. The van der Waals surface area contributed by atoms with Crippen LogP contribution in [0.2, 0.25) is 0 Å². The summed E-state index contributed by atoms with van der Waals surface area (Å²) in [7, 11) is 0. The number of ether oxygens (including phenoxy) is 1. The van der Waals surface area contributed by atoms with E-state index in [1.807, 2.05) is 6.26 Å². The standard InChI is InChI=1S/C11H19NO/c1-10(2)6-7-12-9-11-5-3-4-8-13-11/h4,6,8,11-12H,3,5,7,9H2,1-2H3. The van der Waals surface area contributed by atoms with Gasteiger partial charge in [0.15, 0.2) is 0 Å². The molecule has 2 nitrogen and oxygen atoms in total. The Hall–Kier alpha value is -0.760. The second-order valence-electron chi connectivity index (χ2n) is 3.65. The van der Waals surface area contributed by atoms with Gasteiger partial charge in [-0.15, -0.1) is 0 Å². The van der Waals surface area contributed by atoms with E-state index in [2.05, 4.69) is 31.3 Å². The summed E-state index contributed by atoms with van der Waals surface area (Å²) in [5, 5.41) is 3.35. The van der Waals surface area contributed by atoms with E-state index in [1.54, 1.807) is 0 Å². The van der Waals surface area contributed by atoms with E-state index in [4.69, 9.17) is 4.74 Å². The third kappa shape index (κ3) is 4.73. The van der Waals surface area contributed by atoms with Gasteiger partial charge < -0.3 is 10.1 Å². The van der Waals surface area contributed by atoms with E-state index in [1.165, 1.54) is 5.57 Å². The predicted molar refractivity (Wildman–Crippen MR) is 55.5 cm³/mol. The molecule has 1 heterocycles. The SMILES string of the molecule is CC(C)=CCNCC1CCC=CO1. The van der Waals surface area contributed by atoms with Crippen LogP contribution >= 0.6 is 0 Å². The van der Waals surface area contributed by atoms with Crippen LogP contribution in [0.5, 0.6) is 0 Å². The van der Waals surface area contributed by atoms with E-state index >= 15 is 0 Å². The van der Waals surface area contributed by atoms with E-state index in [9.17, 15) is 0 Å². The fourth-order valence-electron chi connectivity index (χ4n) is 1.26. The summed E-state index contributed by atoms with van der Waals surface area (Å²) >= 11 is 0. The second kappa shape index (κ2) is 5.81. The average molecular weight is 181 g/mol. The summed E-state index contributed by atoms with van der Waals surface area (Å²) in [6, 6.07) is 0. The summed E-state index contributed by atoms with van der Waals surface area (Å²) in [6.07, 6.45) is 8.74. The van der Waals surface area contributed by atoms with Crippen molar-refractivity contribution in [1.82, 2.24) is 5.32 Å². The van der Waals surface area contributed by atoms with Crippen molar-refractivity contribution in [3.8, 4) is 0 Å². The molecule has 0 saturated heterocycles. The van der Waals surface area contributed by atoms with Crippen molar-refractivity contribution in [1.29, 1.82) is 0 Å². The zero-order chi connectivity index (χ0) is 9.52. The Bertz CT molecular complexity index is 192. The van der Waals surface area contributed by atoms with Gasteiger partial charge in [-0.25, -0.2) is 0 Å². The Balaban J connectivity index is 2.05. The molecule has 1 N–H and O–H groups in total. The molecule has 1 unspecified atom stereocenters. The van der Waals surface area contributed by atoms with Gasteiger partial charge in [-0.1, -0.05) is 11.6 Å². The van der Waals surface area contributed by atoms with Crippen molar-refractivity contribution in [2.45, 2.75) is 32.8 Å². The van der Waals surface area contributed by atoms with Gasteiger partial charge in [0.1, 0.15) is 6.10 Å². The van der Waals surface area contributed by atoms with E-state index in [-0.39, 0.29) is 0 Å². The van der Waals surface area contributed by atoms with Crippen LogP contribution in [0.1, 0.15) is 26.7 Å². The quantitative estimate of drug-likeness (QED) is 0.530. The Morgan fingerprint density at radius 1 is 1.62 bits per heavy atom. The summed E-state index contributed by atoms with van der Waals surface area (Å²) in [5.74, 6) is 0. The maximum atomic E-state index is 5.42. The second-order valence-corrected chi connectivity index (χ2v) is 3.65. The summed E-state index contributed by atoms with van der Waals surface area (Å²) in [5.41, 5.74) is 1.36. The molecule has 0 bridgehead atoms. The van der Waals surface area contributed by atoms with E-state index in [0.717, 1.165) is 25.9 Å². The maximum absolute atomic E-state index is 5.42. The van der Waals surface area contributed by atoms with Gasteiger partial charge in [0, 0.05) is 13.1 Å². The molecule has 1 atom stereocenters. The molecule has 74 valence electrons. The molecule has 13 heavy (non-hydrogen) atoms. The van der Waals surface area contributed by atoms with Crippen LogP contribution in [0, 0.1) is 0 Å².